The number of thiol groups is 1. The van der Waals surface area contributed by atoms with Gasteiger partial charge in [0.25, 0.3) is 0 Å². The Labute approximate surface area is 94.7 Å². The molecular weight excluding hydrogens is 210 g/mol. The lowest BCUT2D eigenvalue weighted by atomic mass is 10.1. The molecule has 0 aromatic carbocycles. The highest BCUT2D eigenvalue weighted by Gasteiger charge is 2.28. The van der Waals surface area contributed by atoms with Crippen LogP contribution in [0.5, 0.6) is 0 Å². The van der Waals surface area contributed by atoms with E-state index >= 15 is 0 Å². The van der Waals surface area contributed by atoms with E-state index in [1.54, 1.807) is 4.68 Å². The third kappa shape index (κ3) is 2.34. The van der Waals surface area contributed by atoms with Gasteiger partial charge in [0.15, 0.2) is 0 Å². The van der Waals surface area contributed by atoms with E-state index in [4.69, 9.17) is 0 Å². The summed E-state index contributed by atoms with van der Waals surface area (Å²) < 4.78 is 1.76. The van der Waals surface area contributed by atoms with Gasteiger partial charge in [-0.3, -0.25) is 9.48 Å². The molecule has 1 aliphatic heterocycles. The summed E-state index contributed by atoms with van der Waals surface area (Å²) in [7, 11) is 1.88. The van der Waals surface area contributed by atoms with Crippen LogP contribution in [-0.4, -0.2) is 32.9 Å². The number of amides is 1. The van der Waals surface area contributed by atoms with Gasteiger partial charge < -0.3 is 4.90 Å². The Morgan fingerprint density at radius 2 is 2.47 bits per heavy atom. The maximum Gasteiger partial charge on any atom is 0.223 e. The molecule has 1 fully saturated rings. The van der Waals surface area contributed by atoms with Crippen molar-refractivity contribution in [2.45, 2.75) is 13.0 Å². The molecule has 15 heavy (non-hydrogen) atoms. The SMILES string of the molecule is Cn1ccc(CN2CC(CS)CC2=O)n1. The second-order valence-corrected chi connectivity index (χ2v) is 4.37. The van der Waals surface area contributed by atoms with E-state index in [2.05, 4.69) is 17.7 Å². The molecule has 82 valence electrons. The van der Waals surface area contributed by atoms with Crippen LogP contribution >= 0.6 is 12.6 Å². The quantitative estimate of drug-likeness (QED) is 0.769. The third-order valence-corrected chi connectivity index (χ3v) is 3.19. The third-order valence-electron chi connectivity index (χ3n) is 2.67. The maximum atomic E-state index is 11.6. The minimum atomic E-state index is 0.222. The molecular formula is C10H15N3OS. The first-order chi connectivity index (χ1) is 7.19. The Morgan fingerprint density at radius 3 is 3.00 bits per heavy atom. The highest BCUT2D eigenvalue weighted by atomic mass is 32.1. The van der Waals surface area contributed by atoms with Crippen molar-refractivity contribution < 1.29 is 4.79 Å². The van der Waals surface area contributed by atoms with Crippen molar-refractivity contribution in [3.63, 3.8) is 0 Å². The first-order valence-electron chi connectivity index (χ1n) is 5.06. The normalized spacial score (nSPS) is 21.3. The first-order valence-corrected chi connectivity index (χ1v) is 5.69. The highest BCUT2D eigenvalue weighted by molar-refractivity contribution is 7.80. The van der Waals surface area contributed by atoms with Crippen LogP contribution in [0.1, 0.15) is 12.1 Å². The van der Waals surface area contributed by atoms with Gasteiger partial charge in [0.1, 0.15) is 0 Å². The fourth-order valence-corrected chi connectivity index (χ4v) is 2.12. The van der Waals surface area contributed by atoms with Crippen molar-refractivity contribution in [3.05, 3.63) is 18.0 Å². The average Bonchev–Trinajstić information content (AvgIpc) is 2.75. The number of carbonyl (C=O) groups excluding carboxylic acids is 1. The van der Waals surface area contributed by atoms with Crippen molar-refractivity contribution in [1.29, 1.82) is 0 Å². The summed E-state index contributed by atoms with van der Waals surface area (Å²) in [5, 5.41) is 4.26. The molecule has 0 aliphatic carbocycles. The number of carbonyl (C=O) groups is 1. The number of likely N-dealkylation sites (tertiary alicyclic amines) is 1. The van der Waals surface area contributed by atoms with Gasteiger partial charge in [-0.2, -0.15) is 17.7 Å². The second-order valence-electron chi connectivity index (χ2n) is 4.01. The monoisotopic (exact) mass is 225 g/mol. The van der Waals surface area contributed by atoms with Crippen LogP contribution in [0.15, 0.2) is 12.3 Å². The molecule has 1 aromatic rings. The van der Waals surface area contributed by atoms with Crippen LogP contribution in [0.4, 0.5) is 0 Å². The van der Waals surface area contributed by atoms with Crippen LogP contribution in [-0.2, 0) is 18.4 Å². The fourth-order valence-electron chi connectivity index (χ4n) is 1.87. The van der Waals surface area contributed by atoms with Crippen molar-refractivity contribution >= 4 is 18.5 Å². The fraction of sp³-hybridized carbons (Fsp3) is 0.600. The van der Waals surface area contributed by atoms with Gasteiger partial charge in [0.2, 0.25) is 5.91 Å². The van der Waals surface area contributed by atoms with Gasteiger partial charge in [-0.25, -0.2) is 0 Å². The molecule has 0 N–H and O–H groups in total. The lowest BCUT2D eigenvalue weighted by Gasteiger charge is -2.14. The van der Waals surface area contributed by atoms with Crippen LogP contribution in [0.3, 0.4) is 0 Å². The molecule has 1 aromatic heterocycles. The number of aryl methyl sites for hydroxylation is 1. The van der Waals surface area contributed by atoms with Gasteiger partial charge in [-0.1, -0.05) is 0 Å². The van der Waals surface area contributed by atoms with Crippen LogP contribution in [0.2, 0.25) is 0 Å². The average molecular weight is 225 g/mol. The smallest absolute Gasteiger partial charge is 0.223 e. The minimum Gasteiger partial charge on any atom is -0.336 e. The standard InChI is InChI=1S/C10H15N3OS/c1-12-3-2-9(11-12)6-13-5-8(7-15)4-10(13)14/h2-3,8,15H,4-7H2,1H3. The number of hydrogen-bond acceptors (Lipinski definition) is 3. The molecule has 2 heterocycles. The van der Waals surface area contributed by atoms with Gasteiger partial charge >= 0.3 is 0 Å². The summed E-state index contributed by atoms with van der Waals surface area (Å²) in [5.41, 5.74) is 0.950. The summed E-state index contributed by atoms with van der Waals surface area (Å²) in [4.78, 5) is 13.5. The van der Waals surface area contributed by atoms with E-state index in [-0.39, 0.29) is 5.91 Å². The molecule has 1 saturated heterocycles. The summed E-state index contributed by atoms with van der Waals surface area (Å²) in [6, 6.07) is 1.95. The molecule has 5 heteroatoms. The Morgan fingerprint density at radius 1 is 1.67 bits per heavy atom. The molecule has 0 radical (unpaired) electrons. The van der Waals surface area contributed by atoms with E-state index in [1.165, 1.54) is 0 Å². The molecule has 0 bridgehead atoms. The second kappa shape index (κ2) is 4.26. The number of nitrogens with zero attached hydrogens (tertiary/aromatic N) is 3. The zero-order chi connectivity index (χ0) is 10.8. The lowest BCUT2D eigenvalue weighted by molar-refractivity contribution is -0.128. The molecule has 1 amide bonds. The summed E-state index contributed by atoms with van der Waals surface area (Å²) in [5.74, 6) is 1.41. The van der Waals surface area contributed by atoms with Crippen molar-refractivity contribution in [1.82, 2.24) is 14.7 Å². The molecule has 1 atom stereocenters. The van der Waals surface area contributed by atoms with Gasteiger partial charge in [0, 0.05) is 26.2 Å². The Balaban J connectivity index is 1.98. The van der Waals surface area contributed by atoms with E-state index in [1.807, 2.05) is 24.2 Å². The Hall–Kier alpha value is -0.970. The van der Waals surface area contributed by atoms with Crippen molar-refractivity contribution in [2.75, 3.05) is 12.3 Å². The predicted molar refractivity (Wildman–Crippen MR) is 60.6 cm³/mol. The predicted octanol–water partition coefficient (Wildman–Crippen LogP) is 0.698. The van der Waals surface area contributed by atoms with Gasteiger partial charge in [0.05, 0.1) is 12.2 Å². The topological polar surface area (TPSA) is 38.1 Å². The van der Waals surface area contributed by atoms with E-state index in [0.717, 1.165) is 18.0 Å². The molecule has 0 saturated carbocycles. The summed E-state index contributed by atoms with van der Waals surface area (Å²) in [6.45, 7) is 1.45. The largest absolute Gasteiger partial charge is 0.336 e. The van der Waals surface area contributed by atoms with Crippen LogP contribution in [0.25, 0.3) is 0 Å². The molecule has 1 unspecified atom stereocenters. The van der Waals surface area contributed by atoms with Crippen LogP contribution in [0, 0.1) is 5.92 Å². The van der Waals surface area contributed by atoms with E-state index < -0.39 is 0 Å². The molecule has 4 nitrogen and oxygen atoms in total. The minimum absolute atomic E-state index is 0.222. The molecule has 2 rings (SSSR count). The number of hydrogen-bond donors (Lipinski definition) is 1. The van der Waals surface area contributed by atoms with Gasteiger partial charge in [-0.15, -0.1) is 0 Å². The Kier molecular flexibility index (Phi) is 3.00. The molecule has 0 spiro atoms. The summed E-state index contributed by atoms with van der Waals surface area (Å²) in [6.07, 6.45) is 2.53. The lowest BCUT2D eigenvalue weighted by Crippen LogP contribution is -2.25. The highest BCUT2D eigenvalue weighted by Crippen LogP contribution is 2.20. The maximum absolute atomic E-state index is 11.6. The Bertz CT molecular complexity index is 363. The van der Waals surface area contributed by atoms with Crippen molar-refractivity contribution in [2.24, 2.45) is 13.0 Å². The van der Waals surface area contributed by atoms with E-state index in [9.17, 15) is 4.79 Å². The zero-order valence-electron chi connectivity index (χ0n) is 8.76. The summed E-state index contributed by atoms with van der Waals surface area (Å²) >= 11 is 4.23. The number of aromatic nitrogens is 2. The molecule has 1 aliphatic rings. The zero-order valence-corrected chi connectivity index (χ0v) is 9.65. The van der Waals surface area contributed by atoms with Gasteiger partial charge in [-0.05, 0) is 17.7 Å². The van der Waals surface area contributed by atoms with E-state index in [0.29, 0.717) is 18.9 Å². The van der Waals surface area contributed by atoms with Crippen molar-refractivity contribution in [3.8, 4) is 0 Å². The number of rotatable bonds is 3. The first kappa shape index (κ1) is 10.5. The van der Waals surface area contributed by atoms with Crippen LogP contribution < -0.4 is 0 Å².